The van der Waals surface area contributed by atoms with Gasteiger partial charge in [0.15, 0.2) is 0 Å². The third kappa shape index (κ3) is 7.91. The molecule has 33 heavy (non-hydrogen) atoms. The first-order valence-electron chi connectivity index (χ1n) is 10.6. The number of amides is 2. The zero-order chi connectivity index (χ0) is 24.6. The Bertz CT molecular complexity index is 1060. The van der Waals surface area contributed by atoms with Gasteiger partial charge >= 0.3 is 0 Å². The first-order valence-corrected chi connectivity index (χ1v) is 13.2. The lowest BCUT2D eigenvalue weighted by Gasteiger charge is -2.31. The van der Waals surface area contributed by atoms with Crippen LogP contribution in [0.1, 0.15) is 32.3 Å². The molecule has 0 aliphatic carbocycles. The lowest BCUT2D eigenvalue weighted by molar-refractivity contribution is -0.139. The Morgan fingerprint density at radius 3 is 2.33 bits per heavy atom. The number of carbonyl (C=O) groups excluding carboxylic acids is 2. The molecular formula is C23H29Cl2N3O4S. The third-order valence-corrected chi connectivity index (χ3v) is 6.80. The van der Waals surface area contributed by atoms with Crippen molar-refractivity contribution in [2.75, 3.05) is 23.7 Å². The zero-order valence-corrected chi connectivity index (χ0v) is 21.3. The molecule has 2 aromatic rings. The maximum atomic E-state index is 13.4. The van der Waals surface area contributed by atoms with E-state index in [0.717, 1.165) is 23.4 Å². The summed E-state index contributed by atoms with van der Waals surface area (Å²) >= 11 is 12.3. The second-order valence-corrected chi connectivity index (χ2v) is 10.4. The molecule has 7 nitrogen and oxygen atoms in total. The summed E-state index contributed by atoms with van der Waals surface area (Å²) in [7, 11) is -3.75. The molecule has 0 heterocycles. The smallest absolute Gasteiger partial charge is 0.244 e. The van der Waals surface area contributed by atoms with Crippen LogP contribution in [-0.2, 0) is 26.2 Å². The van der Waals surface area contributed by atoms with Gasteiger partial charge in [-0.15, -0.1) is 0 Å². The number of anilines is 1. The molecule has 10 heteroatoms. The van der Waals surface area contributed by atoms with E-state index < -0.39 is 28.5 Å². The quantitative estimate of drug-likeness (QED) is 0.458. The van der Waals surface area contributed by atoms with E-state index in [2.05, 4.69) is 5.32 Å². The predicted octanol–water partition coefficient (Wildman–Crippen LogP) is 4.09. The van der Waals surface area contributed by atoms with Crippen molar-refractivity contribution in [1.82, 2.24) is 10.2 Å². The van der Waals surface area contributed by atoms with Crippen LogP contribution in [0, 0.1) is 0 Å². The Balaban J connectivity index is 2.35. The molecule has 180 valence electrons. The minimum absolute atomic E-state index is 0.0175. The average molecular weight is 514 g/mol. The number of halogens is 2. The highest BCUT2D eigenvalue weighted by Gasteiger charge is 2.30. The number of benzene rings is 2. The van der Waals surface area contributed by atoms with E-state index in [-0.39, 0.29) is 12.5 Å². The Labute approximate surface area is 205 Å². The van der Waals surface area contributed by atoms with Crippen molar-refractivity contribution < 1.29 is 18.0 Å². The summed E-state index contributed by atoms with van der Waals surface area (Å²) in [5.74, 6) is -0.860. The van der Waals surface area contributed by atoms with Crippen LogP contribution in [0.2, 0.25) is 10.0 Å². The summed E-state index contributed by atoms with van der Waals surface area (Å²) in [6, 6.07) is 12.4. The van der Waals surface area contributed by atoms with Crippen molar-refractivity contribution in [1.29, 1.82) is 0 Å². The average Bonchev–Trinajstić information content (AvgIpc) is 2.76. The van der Waals surface area contributed by atoms with Gasteiger partial charge in [-0.05, 0) is 43.2 Å². The summed E-state index contributed by atoms with van der Waals surface area (Å²) in [5, 5.41) is 3.62. The fourth-order valence-corrected chi connectivity index (χ4v) is 4.48. The summed E-state index contributed by atoms with van der Waals surface area (Å²) in [6.07, 6.45) is 2.76. The number of hydrogen-bond donors (Lipinski definition) is 1. The van der Waals surface area contributed by atoms with E-state index in [0.29, 0.717) is 27.8 Å². The molecule has 0 saturated carbocycles. The Hall–Kier alpha value is -2.29. The Morgan fingerprint density at radius 2 is 1.76 bits per heavy atom. The second kappa shape index (κ2) is 12.3. The van der Waals surface area contributed by atoms with Crippen molar-refractivity contribution in [3.8, 4) is 0 Å². The van der Waals surface area contributed by atoms with Crippen molar-refractivity contribution in [2.45, 2.75) is 39.3 Å². The van der Waals surface area contributed by atoms with Crippen LogP contribution in [0.4, 0.5) is 5.69 Å². The lowest BCUT2D eigenvalue weighted by Crippen LogP contribution is -2.51. The molecule has 0 radical (unpaired) electrons. The molecule has 0 spiro atoms. The fourth-order valence-electron chi connectivity index (χ4n) is 3.16. The van der Waals surface area contributed by atoms with Gasteiger partial charge in [-0.1, -0.05) is 60.8 Å². The molecule has 0 bridgehead atoms. The Morgan fingerprint density at radius 1 is 1.09 bits per heavy atom. The highest BCUT2D eigenvalue weighted by Crippen LogP contribution is 2.24. The molecule has 1 N–H and O–H groups in total. The van der Waals surface area contributed by atoms with Gasteiger partial charge < -0.3 is 10.2 Å². The molecular weight excluding hydrogens is 485 g/mol. The van der Waals surface area contributed by atoms with Gasteiger partial charge in [0, 0.05) is 23.1 Å². The summed E-state index contributed by atoms with van der Waals surface area (Å²) in [6.45, 7) is 3.67. The Kier molecular flexibility index (Phi) is 10.0. The van der Waals surface area contributed by atoms with Gasteiger partial charge in [0.05, 0.1) is 11.9 Å². The van der Waals surface area contributed by atoms with Gasteiger partial charge in [0.1, 0.15) is 12.6 Å². The number of hydrogen-bond acceptors (Lipinski definition) is 4. The predicted molar refractivity (Wildman–Crippen MR) is 133 cm³/mol. The molecule has 0 aromatic heterocycles. The van der Waals surface area contributed by atoms with Crippen LogP contribution in [-0.4, -0.2) is 50.5 Å². The molecule has 0 saturated heterocycles. The van der Waals surface area contributed by atoms with E-state index in [1.165, 1.54) is 4.90 Å². The third-order valence-electron chi connectivity index (χ3n) is 5.08. The van der Waals surface area contributed by atoms with Crippen molar-refractivity contribution in [3.05, 3.63) is 64.1 Å². The molecule has 0 fully saturated rings. The van der Waals surface area contributed by atoms with Crippen molar-refractivity contribution >= 4 is 50.7 Å². The minimum atomic E-state index is -3.75. The molecule has 0 unspecified atom stereocenters. The highest BCUT2D eigenvalue weighted by molar-refractivity contribution is 7.92. The molecule has 2 amide bonds. The number of carbonyl (C=O) groups is 2. The second-order valence-electron chi connectivity index (χ2n) is 7.68. The standard InChI is InChI=1S/C23H29Cl2N3O4S/c1-4-5-13-26-23(30)17(2)27(15-18-11-12-19(24)14-21(18)25)22(29)16-28(33(3,31)32)20-9-7-6-8-10-20/h6-12,14,17H,4-5,13,15-16H2,1-3H3,(H,26,30)/t17-/m1/s1. The number of rotatable bonds is 11. The fraction of sp³-hybridized carbons (Fsp3) is 0.391. The van der Waals surface area contributed by atoms with E-state index in [1.807, 2.05) is 6.92 Å². The molecule has 1 atom stereocenters. The molecule has 2 aromatic carbocycles. The zero-order valence-electron chi connectivity index (χ0n) is 18.9. The molecule has 0 aliphatic rings. The SMILES string of the molecule is CCCCNC(=O)[C@@H](C)N(Cc1ccc(Cl)cc1Cl)C(=O)CN(c1ccccc1)S(C)(=O)=O. The maximum absolute atomic E-state index is 13.4. The molecule has 2 rings (SSSR count). The van der Waals surface area contributed by atoms with Crippen LogP contribution in [0.5, 0.6) is 0 Å². The van der Waals surface area contributed by atoms with Gasteiger partial charge in [0.25, 0.3) is 0 Å². The summed E-state index contributed by atoms with van der Waals surface area (Å²) in [4.78, 5) is 27.5. The number of sulfonamides is 1. The van der Waals surface area contributed by atoms with E-state index >= 15 is 0 Å². The normalized spacial score (nSPS) is 12.2. The summed E-state index contributed by atoms with van der Waals surface area (Å²) < 4.78 is 25.9. The van der Waals surface area contributed by atoms with Crippen molar-refractivity contribution in [3.63, 3.8) is 0 Å². The van der Waals surface area contributed by atoms with E-state index in [9.17, 15) is 18.0 Å². The van der Waals surface area contributed by atoms with Gasteiger partial charge in [-0.2, -0.15) is 0 Å². The van der Waals surface area contributed by atoms with Crippen molar-refractivity contribution in [2.24, 2.45) is 0 Å². The van der Waals surface area contributed by atoms with Gasteiger partial charge in [-0.3, -0.25) is 13.9 Å². The maximum Gasteiger partial charge on any atom is 0.244 e. The number of nitrogens with zero attached hydrogens (tertiary/aromatic N) is 2. The van der Waals surface area contributed by atoms with Crippen LogP contribution >= 0.6 is 23.2 Å². The first-order chi connectivity index (χ1) is 15.5. The monoisotopic (exact) mass is 513 g/mol. The van der Waals surface area contributed by atoms with Gasteiger partial charge in [0.2, 0.25) is 21.8 Å². The van der Waals surface area contributed by atoms with Gasteiger partial charge in [-0.25, -0.2) is 8.42 Å². The van der Waals surface area contributed by atoms with Crippen LogP contribution in [0.25, 0.3) is 0 Å². The lowest BCUT2D eigenvalue weighted by atomic mass is 10.1. The number of para-hydroxylation sites is 1. The van der Waals surface area contributed by atoms with E-state index in [1.54, 1.807) is 55.5 Å². The van der Waals surface area contributed by atoms with E-state index in [4.69, 9.17) is 23.2 Å². The highest BCUT2D eigenvalue weighted by atomic mass is 35.5. The summed E-state index contributed by atoms with van der Waals surface area (Å²) in [5.41, 5.74) is 0.950. The topological polar surface area (TPSA) is 86.8 Å². The number of unbranched alkanes of at least 4 members (excludes halogenated alkanes) is 1. The molecule has 0 aliphatic heterocycles. The minimum Gasteiger partial charge on any atom is -0.354 e. The van der Waals surface area contributed by atoms with Crippen LogP contribution in [0.15, 0.2) is 48.5 Å². The largest absolute Gasteiger partial charge is 0.354 e. The van der Waals surface area contributed by atoms with Crippen LogP contribution < -0.4 is 9.62 Å². The number of nitrogens with one attached hydrogen (secondary N) is 1. The first kappa shape index (κ1) is 27.0. The van der Waals surface area contributed by atoms with Crippen LogP contribution in [0.3, 0.4) is 0 Å².